The number of aliphatic hydroxyl groups is 9. The Balaban J connectivity index is 2.41. The van der Waals surface area contributed by atoms with Crippen molar-refractivity contribution in [3.63, 3.8) is 0 Å². The second-order valence-corrected chi connectivity index (χ2v) is 5.01. The highest BCUT2D eigenvalue weighted by Crippen LogP contribution is 2.38. The van der Waals surface area contributed by atoms with E-state index in [0.29, 0.717) is 0 Å². The van der Waals surface area contributed by atoms with Gasteiger partial charge in [0.15, 0.2) is 6.23 Å². The van der Waals surface area contributed by atoms with Crippen LogP contribution in [-0.2, 0) is 4.74 Å². The van der Waals surface area contributed by atoms with Crippen LogP contribution in [0.1, 0.15) is 0 Å². The summed E-state index contributed by atoms with van der Waals surface area (Å²) in [6.45, 7) is -0.804. The molecule has 0 spiro atoms. The minimum Gasteiger partial charge on any atom is -0.394 e. The highest BCUT2D eigenvalue weighted by Gasteiger charge is 2.73. The number of urea groups is 1. The van der Waals surface area contributed by atoms with E-state index in [4.69, 9.17) is 9.84 Å². The number of nitrogens with zero attached hydrogens (tertiary/aromatic N) is 1. The van der Waals surface area contributed by atoms with E-state index in [2.05, 4.69) is 0 Å². The molecule has 128 valence electrons. The molecule has 0 aromatic rings. The normalized spacial score (nSPS) is 39.7. The Bertz CT molecular complexity index is 466. The molecule has 2 aliphatic heterocycles. The summed E-state index contributed by atoms with van der Waals surface area (Å²) in [5, 5.41) is 86.5. The molecule has 2 aliphatic rings. The molecule has 0 saturated carbocycles. The van der Waals surface area contributed by atoms with Crippen molar-refractivity contribution in [3.8, 4) is 0 Å². The molecule has 0 aliphatic carbocycles. The fourth-order valence-electron chi connectivity index (χ4n) is 2.23. The molecule has 22 heavy (non-hydrogen) atoms. The first-order valence-corrected chi connectivity index (χ1v) is 5.96. The third-order valence-electron chi connectivity index (χ3n) is 3.56. The summed E-state index contributed by atoms with van der Waals surface area (Å²) in [6.07, 6.45) is -7.16. The smallest absolute Gasteiger partial charge is 0.328 e. The van der Waals surface area contributed by atoms with Gasteiger partial charge in [-0.25, -0.2) is 9.69 Å². The summed E-state index contributed by atoms with van der Waals surface area (Å²) >= 11 is 0. The molecule has 0 bridgehead atoms. The van der Waals surface area contributed by atoms with Crippen LogP contribution in [0.4, 0.5) is 4.79 Å². The summed E-state index contributed by atoms with van der Waals surface area (Å²) < 4.78 is 4.85. The lowest BCUT2D eigenvalue weighted by Gasteiger charge is -2.52. The van der Waals surface area contributed by atoms with E-state index in [9.17, 15) is 45.6 Å². The van der Waals surface area contributed by atoms with E-state index in [0.717, 1.165) is 0 Å². The SMILES string of the molecule is O=C1NC(O)(O)C(O)(O)C(O)(O)N1C1O[C@H](CO)[C@@H](O)[C@H]1O. The van der Waals surface area contributed by atoms with Gasteiger partial charge in [-0.3, -0.25) is 5.32 Å². The largest absolute Gasteiger partial charge is 0.394 e. The van der Waals surface area contributed by atoms with Gasteiger partial charge in [0.05, 0.1) is 6.61 Å². The lowest BCUT2D eigenvalue weighted by molar-refractivity contribution is -0.502. The molecule has 0 radical (unpaired) electrons. The van der Waals surface area contributed by atoms with Gasteiger partial charge >= 0.3 is 23.6 Å². The minimum absolute atomic E-state index is 0.263. The average Bonchev–Trinajstić information content (AvgIpc) is 2.64. The molecule has 2 heterocycles. The fraction of sp³-hybridized carbons (Fsp3) is 0.889. The van der Waals surface area contributed by atoms with Gasteiger partial charge < -0.3 is 50.7 Å². The zero-order valence-electron chi connectivity index (χ0n) is 10.8. The van der Waals surface area contributed by atoms with Crippen LogP contribution in [0.3, 0.4) is 0 Å². The van der Waals surface area contributed by atoms with E-state index in [-0.39, 0.29) is 4.90 Å². The Hall–Kier alpha value is -1.13. The van der Waals surface area contributed by atoms with Crippen molar-refractivity contribution in [2.24, 2.45) is 0 Å². The first kappa shape index (κ1) is 17.2. The maximum absolute atomic E-state index is 11.8. The van der Waals surface area contributed by atoms with Crippen LogP contribution >= 0.6 is 0 Å². The van der Waals surface area contributed by atoms with Crippen LogP contribution < -0.4 is 5.32 Å². The van der Waals surface area contributed by atoms with Crippen molar-refractivity contribution in [2.45, 2.75) is 42.1 Å². The van der Waals surface area contributed by atoms with E-state index in [1.807, 2.05) is 0 Å². The van der Waals surface area contributed by atoms with Crippen molar-refractivity contribution in [2.75, 3.05) is 6.61 Å². The summed E-state index contributed by atoms with van der Waals surface area (Å²) in [7, 11) is 0. The average molecular weight is 328 g/mol. The van der Waals surface area contributed by atoms with Gasteiger partial charge in [-0.05, 0) is 0 Å². The second kappa shape index (κ2) is 4.93. The van der Waals surface area contributed by atoms with Crippen LogP contribution in [0, 0.1) is 0 Å². The number of carbonyl (C=O) groups is 1. The van der Waals surface area contributed by atoms with Crippen molar-refractivity contribution in [1.29, 1.82) is 0 Å². The lowest BCUT2D eigenvalue weighted by atomic mass is 10.0. The molecular formula is C9H16N2O11. The summed E-state index contributed by atoms with van der Waals surface area (Å²) in [6, 6.07) is -1.68. The van der Waals surface area contributed by atoms with Gasteiger partial charge in [0, 0.05) is 0 Å². The van der Waals surface area contributed by atoms with Gasteiger partial charge in [0.2, 0.25) is 0 Å². The van der Waals surface area contributed by atoms with Crippen molar-refractivity contribution in [1.82, 2.24) is 10.2 Å². The molecule has 4 atom stereocenters. The molecule has 2 rings (SSSR count). The molecule has 13 heteroatoms. The lowest BCUT2D eigenvalue weighted by Crippen LogP contribution is -2.86. The van der Waals surface area contributed by atoms with Crippen LogP contribution in [0.2, 0.25) is 0 Å². The maximum atomic E-state index is 11.8. The van der Waals surface area contributed by atoms with Crippen molar-refractivity contribution in [3.05, 3.63) is 0 Å². The topological polar surface area (TPSA) is 224 Å². The van der Waals surface area contributed by atoms with E-state index in [1.165, 1.54) is 5.32 Å². The third kappa shape index (κ3) is 2.08. The number of amides is 2. The predicted molar refractivity (Wildman–Crippen MR) is 59.6 cm³/mol. The molecule has 13 nitrogen and oxygen atoms in total. The van der Waals surface area contributed by atoms with Crippen LogP contribution in [0.5, 0.6) is 0 Å². The molecule has 1 unspecified atom stereocenters. The molecule has 0 aromatic carbocycles. The summed E-state index contributed by atoms with van der Waals surface area (Å²) in [5.41, 5.74) is 0. The molecular weight excluding hydrogens is 312 g/mol. The van der Waals surface area contributed by atoms with E-state index < -0.39 is 54.8 Å². The summed E-state index contributed by atoms with van der Waals surface area (Å²) in [5.74, 6) is -12.0. The van der Waals surface area contributed by atoms with Gasteiger partial charge in [-0.15, -0.1) is 0 Å². The Morgan fingerprint density at radius 3 is 2.09 bits per heavy atom. The number of nitrogens with one attached hydrogen (secondary N) is 1. The number of hydrogen-bond donors (Lipinski definition) is 10. The third-order valence-corrected chi connectivity index (χ3v) is 3.56. The monoisotopic (exact) mass is 328 g/mol. The first-order valence-electron chi connectivity index (χ1n) is 5.96. The number of aliphatic hydroxyl groups excluding tert-OH is 3. The Morgan fingerprint density at radius 1 is 1.09 bits per heavy atom. The molecule has 2 amide bonds. The number of hydrogen-bond acceptors (Lipinski definition) is 11. The number of carbonyl (C=O) groups excluding carboxylic acids is 1. The Labute approximate surface area is 121 Å². The van der Waals surface area contributed by atoms with Crippen LogP contribution in [-0.4, -0.2) is 106 Å². The standard InChI is InChI=1S/C9H16N2O11/c12-1-2-3(13)4(14)5(22-2)11-6(15)10-8(18,19)7(16,17)9(11,20)21/h2-5,12-14,16-21H,1H2,(H,10,15)/t2-,3-,4-,5?/m1/s1. The molecule has 2 fully saturated rings. The van der Waals surface area contributed by atoms with E-state index in [1.54, 1.807) is 0 Å². The van der Waals surface area contributed by atoms with Gasteiger partial charge in [-0.2, -0.15) is 0 Å². The minimum atomic E-state index is -4.13. The fourth-order valence-corrected chi connectivity index (χ4v) is 2.23. The Kier molecular flexibility index (Phi) is 3.86. The van der Waals surface area contributed by atoms with Crippen LogP contribution in [0.15, 0.2) is 0 Å². The predicted octanol–water partition coefficient (Wildman–Crippen LogP) is -6.59. The van der Waals surface area contributed by atoms with Crippen molar-refractivity contribution >= 4 is 6.03 Å². The second-order valence-electron chi connectivity index (χ2n) is 5.01. The first-order chi connectivity index (χ1) is 9.88. The van der Waals surface area contributed by atoms with Crippen molar-refractivity contribution < 1.29 is 55.5 Å². The Morgan fingerprint density at radius 2 is 1.64 bits per heavy atom. The highest BCUT2D eigenvalue weighted by atomic mass is 16.7. The van der Waals surface area contributed by atoms with Gasteiger partial charge in [0.25, 0.3) is 0 Å². The van der Waals surface area contributed by atoms with E-state index >= 15 is 0 Å². The molecule has 2 saturated heterocycles. The maximum Gasteiger partial charge on any atom is 0.328 e. The molecule has 0 aromatic heterocycles. The highest BCUT2D eigenvalue weighted by molar-refractivity contribution is 5.77. The molecule has 10 N–H and O–H groups in total. The zero-order valence-corrected chi connectivity index (χ0v) is 10.8. The van der Waals surface area contributed by atoms with Gasteiger partial charge in [0.1, 0.15) is 18.3 Å². The zero-order chi connectivity index (χ0) is 17.1. The summed E-state index contributed by atoms with van der Waals surface area (Å²) in [4.78, 5) is 11.5. The quantitative estimate of drug-likeness (QED) is 0.214. The number of rotatable bonds is 2. The number of ether oxygens (including phenoxy) is 1. The van der Waals surface area contributed by atoms with Crippen LogP contribution in [0.25, 0.3) is 0 Å². The van der Waals surface area contributed by atoms with Gasteiger partial charge in [-0.1, -0.05) is 0 Å².